The Labute approximate surface area is 291 Å². The molecule has 8 rings (SSSR count). The first-order valence-electron chi connectivity index (χ1n) is 16.4. The Balaban J connectivity index is 1.22. The van der Waals surface area contributed by atoms with Crippen LogP contribution in [0.2, 0.25) is 0 Å². The highest BCUT2D eigenvalue weighted by atomic mass is 79.9. The highest BCUT2D eigenvalue weighted by Crippen LogP contribution is 2.51. The highest BCUT2D eigenvalue weighted by molar-refractivity contribution is 9.10. The lowest BCUT2D eigenvalue weighted by Gasteiger charge is -2.30. The van der Waals surface area contributed by atoms with Gasteiger partial charge in [-0.2, -0.15) is 0 Å². The number of para-hydroxylation sites is 2. The number of hydrogen-bond acceptors (Lipinski definition) is 2. The van der Waals surface area contributed by atoms with Crippen LogP contribution in [0.5, 0.6) is 0 Å². The van der Waals surface area contributed by atoms with Crippen molar-refractivity contribution in [2.75, 3.05) is 9.80 Å². The Kier molecular flexibility index (Phi) is 7.70. The normalized spacial score (nSPS) is 12.6. The van der Waals surface area contributed by atoms with Crippen LogP contribution in [0.3, 0.4) is 0 Å². The molecule has 0 heterocycles. The summed E-state index contributed by atoms with van der Waals surface area (Å²) in [6.45, 7) is 4.68. The molecule has 7 aromatic rings. The van der Waals surface area contributed by atoms with E-state index in [2.05, 4.69) is 216 Å². The zero-order valence-corrected chi connectivity index (χ0v) is 28.6. The van der Waals surface area contributed by atoms with Gasteiger partial charge in [0.2, 0.25) is 0 Å². The lowest BCUT2D eigenvalue weighted by atomic mass is 9.82. The Bertz CT molecular complexity index is 2210. The van der Waals surface area contributed by atoms with Crippen molar-refractivity contribution in [2.24, 2.45) is 0 Å². The molecule has 2 nitrogen and oxygen atoms in total. The van der Waals surface area contributed by atoms with E-state index >= 15 is 0 Å². The van der Waals surface area contributed by atoms with Gasteiger partial charge in [-0.3, -0.25) is 0 Å². The predicted molar refractivity (Wildman–Crippen MR) is 207 cm³/mol. The molecule has 0 atom stereocenters. The van der Waals surface area contributed by atoms with Crippen LogP contribution < -0.4 is 9.80 Å². The van der Waals surface area contributed by atoms with Crippen molar-refractivity contribution < 1.29 is 0 Å². The van der Waals surface area contributed by atoms with E-state index in [1.54, 1.807) is 0 Å². The SMILES string of the molecule is CC1(C)c2ccccc2-c2ccc(N(c3ccccc3)c3ccc(N(c4ccccc4)c4ccc(-c5ccccc5)cc4)c(Br)c3)cc21. The van der Waals surface area contributed by atoms with Gasteiger partial charge in [-0.15, -0.1) is 0 Å². The van der Waals surface area contributed by atoms with Gasteiger partial charge < -0.3 is 9.80 Å². The molecule has 1 aliphatic carbocycles. The summed E-state index contributed by atoms with van der Waals surface area (Å²) in [7, 11) is 0. The molecule has 0 saturated heterocycles. The molecular weight excluding hydrogens is 648 g/mol. The highest BCUT2D eigenvalue weighted by Gasteiger charge is 2.35. The molecule has 0 saturated carbocycles. The van der Waals surface area contributed by atoms with Crippen molar-refractivity contribution in [3.05, 3.63) is 192 Å². The first-order chi connectivity index (χ1) is 23.5. The number of anilines is 6. The second kappa shape index (κ2) is 12.3. The lowest BCUT2D eigenvalue weighted by molar-refractivity contribution is 0.660. The molecule has 0 aliphatic heterocycles. The van der Waals surface area contributed by atoms with E-state index in [0.29, 0.717) is 0 Å². The van der Waals surface area contributed by atoms with Crippen LogP contribution in [0.15, 0.2) is 180 Å². The van der Waals surface area contributed by atoms with Gasteiger partial charge in [0.25, 0.3) is 0 Å². The molecule has 232 valence electrons. The van der Waals surface area contributed by atoms with E-state index in [-0.39, 0.29) is 5.41 Å². The summed E-state index contributed by atoms with van der Waals surface area (Å²) < 4.78 is 1.01. The van der Waals surface area contributed by atoms with Crippen molar-refractivity contribution in [3.8, 4) is 22.3 Å². The van der Waals surface area contributed by atoms with Gasteiger partial charge >= 0.3 is 0 Å². The monoisotopic (exact) mass is 682 g/mol. The molecule has 0 spiro atoms. The van der Waals surface area contributed by atoms with Crippen molar-refractivity contribution in [2.45, 2.75) is 19.3 Å². The molecule has 0 aromatic heterocycles. The van der Waals surface area contributed by atoms with Gasteiger partial charge in [0, 0.05) is 38.3 Å². The summed E-state index contributed by atoms with van der Waals surface area (Å²) in [5.41, 5.74) is 14.3. The summed E-state index contributed by atoms with van der Waals surface area (Å²) in [5.74, 6) is 0. The Morgan fingerprint density at radius 2 is 0.875 bits per heavy atom. The van der Waals surface area contributed by atoms with Crippen LogP contribution in [-0.2, 0) is 5.41 Å². The van der Waals surface area contributed by atoms with Gasteiger partial charge in [0.05, 0.1) is 5.69 Å². The fourth-order valence-electron chi connectivity index (χ4n) is 7.11. The minimum atomic E-state index is -0.0824. The molecular formula is C45H35BrN2. The van der Waals surface area contributed by atoms with Crippen molar-refractivity contribution in [1.82, 2.24) is 0 Å². The maximum atomic E-state index is 4.03. The summed E-state index contributed by atoms with van der Waals surface area (Å²) in [6.07, 6.45) is 0. The predicted octanol–water partition coefficient (Wildman–Crippen LogP) is 13.4. The average Bonchev–Trinajstić information content (AvgIpc) is 3.37. The van der Waals surface area contributed by atoms with E-state index in [9.17, 15) is 0 Å². The smallest absolute Gasteiger partial charge is 0.0605 e. The summed E-state index contributed by atoms with van der Waals surface area (Å²) >= 11 is 4.03. The minimum Gasteiger partial charge on any atom is -0.310 e. The van der Waals surface area contributed by atoms with Crippen LogP contribution in [0.25, 0.3) is 22.3 Å². The van der Waals surface area contributed by atoms with Crippen LogP contribution >= 0.6 is 15.9 Å². The molecule has 7 aromatic carbocycles. The third kappa shape index (κ3) is 5.31. The Morgan fingerprint density at radius 1 is 0.396 bits per heavy atom. The zero-order valence-electron chi connectivity index (χ0n) is 27.0. The van der Waals surface area contributed by atoms with Crippen LogP contribution in [0, 0.1) is 0 Å². The molecule has 0 amide bonds. The number of halogens is 1. The molecule has 3 heteroatoms. The first kappa shape index (κ1) is 30.0. The van der Waals surface area contributed by atoms with Crippen LogP contribution in [-0.4, -0.2) is 0 Å². The van der Waals surface area contributed by atoms with Crippen molar-refractivity contribution >= 4 is 50.1 Å². The fraction of sp³-hybridized carbons (Fsp3) is 0.0667. The second-order valence-electron chi connectivity index (χ2n) is 12.8. The van der Waals surface area contributed by atoms with Gasteiger partial charge in [-0.1, -0.05) is 123 Å². The Morgan fingerprint density at radius 3 is 1.54 bits per heavy atom. The largest absolute Gasteiger partial charge is 0.310 e. The van der Waals surface area contributed by atoms with Crippen LogP contribution in [0.1, 0.15) is 25.0 Å². The number of hydrogen-bond donors (Lipinski definition) is 0. The van der Waals surface area contributed by atoms with E-state index in [0.717, 1.165) is 38.6 Å². The molecule has 1 aliphatic rings. The number of nitrogens with zero attached hydrogens (tertiary/aromatic N) is 2. The average molecular weight is 684 g/mol. The molecule has 0 radical (unpaired) electrons. The maximum Gasteiger partial charge on any atom is 0.0605 e. The third-order valence-corrected chi connectivity index (χ3v) is 10.2. The molecule has 0 bridgehead atoms. The van der Waals surface area contributed by atoms with E-state index < -0.39 is 0 Å². The van der Waals surface area contributed by atoms with Crippen molar-refractivity contribution in [1.29, 1.82) is 0 Å². The van der Waals surface area contributed by atoms with Gasteiger partial charge in [-0.25, -0.2) is 0 Å². The van der Waals surface area contributed by atoms with E-state index in [1.807, 2.05) is 0 Å². The van der Waals surface area contributed by atoms with Gasteiger partial charge in [0.15, 0.2) is 0 Å². The third-order valence-electron chi connectivity index (χ3n) is 9.52. The number of fused-ring (bicyclic) bond motifs is 3. The van der Waals surface area contributed by atoms with Crippen molar-refractivity contribution in [3.63, 3.8) is 0 Å². The van der Waals surface area contributed by atoms with Gasteiger partial charge in [-0.05, 0) is 116 Å². The van der Waals surface area contributed by atoms with Gasteiger partial charge in [0.1, 0.15) is 0 Å². The van der Waals surface area contributed by atoms with E-state index in [1.165, 1.54) is 33.4 Å². The molecule has 0 fully saturated rings. The number of rotatable bonds is 7. The second-order valence-corrected chi connectivity index (χ2v) is 13.6. The first-order valence-corrected chi connectivity index (χ1v) is 17.2. The Hall–Kier alpha value is -5.38. The van der Waals surface area contributed by atoms with Crippen LogP contribution in [0.4, 0.5) is 34.1 Å². The number of benzene rings is 7. The summed E-state index contributed by atoms with van der Waals surface area (Å²) in [4.78, 5) is 4.67. The summed E-state index contributed by atoms with van der Waals surface area (Å²) in [5, 5.41) is 0. The van der Waals surface area contributed by atoms with E-state index in [4.69, 9.17) is 0 Å². The molecule has 48 heavy (non-hydrogen) atoms. The standard InChI is InChI=1S/C45H35BrN2/c1-45(2)41-21-13-12-20-39(41)40-28-26-37(30-42(40)45)47(34-16-8-4-9-17-34)38-27-29-44(43(46)31-38)48(35-18-10-5-11-19-35)36-24-22-33(23-25-36)32-14-6-3-7-15-32/h3-31H,1-2H3. The minimum absolute atomic E-state index is 0.0824. The molecule has 0 N–H and O–H groups in total. The molecule has 0 unspecified atom stereocenters. The fourth-order valence-corrected chi connectivity index (χ4v) is 7.65. The maximum absolute atomic E-state index is 4.03. The quantitative estimate of drug-likeness (QED) is 0.165. The topological polar surface area (TPSA) is 6.48 Å². The zero-order chi connectivity index (χ0) is 32.7. The summed E-state index contributed by atoms with van der Waals surface area (Å²) in [6, 6.07) is 63.0. The lowest BCUT2D eigenvalue weighted by Crippen LogP contribution is -2.16.